The van der Waals surface area contributed by atoms with Crippen LogP contribution in [0.1, 0.15) is 36.8 Å². The first kappa shape index (κ1) is 18.6. The number of pyridine rings is 1. The lowest BCUT2D eigenvalue weighted by atomic mass is 10.1. The van der Waals surface area contributed by atoms with Crippen molar-refractivity contribution in [3.05, 3.63) is 90.3 Å². The molecule has 0 spiro atoms. The third kappa shape index (κ3) is 5.17. The predicted octanol–water partition coefficient (Wildman–Crippen LogP) is 5.14. The Hall–Kier alpha value is -3.14. The molecule has 4 heteroatoms. The van der Waals surface area contributed by atoms with Gasteiger partial charge in [-0.25, -0.2) is 4.98 Å². The molecule has 0 saturated heterocycles. The van der Waals surface area contributed by atoms with Crippen LogP contribution in [0.5, 0.6) is 0 Å². The van der Waals surface area contributed by atoms with Crippen LogP contribution in [0.3, 0.4) is 0 Å². The van der Waals surface area contributed by atoms with E-state index in [0.29, 0.717) is 12.2 Å². The Morgan fingerprint density at radius 2 is 1.56 bits per heavy atom. The summed E-state index contributed by atoms with van der Waals surface area (Å²) < 4.78 is 0. The number of carbonyl (C=O) groups is 1. The molecule has 0 aliphatic rings. The van der Waals surface area contributed by atoms with E-state index in [1.54, 1.807) is 17.2 Å². The summed E-state index contributed by atoms with van der Waals surface area (Å²) in [6.07, 6.45) is 1.71. The lowest BCUT2D eigenvalue weighted by molar-refractivity contribution is 0.0980. The second kappa shape index (κ2) is 8.04. The Morgan fingerprint density at radius 1 is 0.926 bits per heavy atom. The van der Waals surface area contributed by atoms with Gasteiger partial charge in [-0.15, -0.1) is 0 Å². The van der Waals surface area contributed by atoms with Crippen molar-refractivity contribution in [2.24, 2.45) is 0 Å². The normalized spacial score (nSPS) is 11.1. The summed E-state index contributed by atoms with van der Waals surface area (Å²) in [5, 5.41) is 3.36. The molecule has 0 bridgehead atoms. The molecule has 1 heterocycles. The first-order valence-corrected chi connectivity index (χ1v) is 9.07. The standard InChI is InChI=1S/C23H25N3O/c1-23(2,3)25-19-14-15-21(24-16-19)22(27)26(20-12-8-5-9-13-20)17-18-10-6-4-7-11-18/h4-16,25H,17H2,1-3H3. The molecule has 0 fully saturated rings. The van der Waals surface area contributed by atoms with Crippen LogP contribution in [0.4, 0.5) is 11.4 Å². The van der Waals surface area contributed by atoms with Gasteiger partial charge in [0.1, 0.15) is 5.69 Å². The van der Waals surface area contributed by atoms with Gasteiger partial charge < -0.3 is 10.2 Å². The molecule has 0 saturated carbocycles. The van der Waals surface area contributed by atoms with E-state index in [-0.39, 0.29) is 11.4 Å². The van der Waals surface area contributed by atoms with Crippen molar-refractivity contribution in [2.45, 2.75) is 32.9 Å². The summed E-state index contributed by atoms with van der Waals surface area (Å²) in [5.41, 5.74) is 3.18. The van der Waals surface area contributed by atoms with Crippen molar-refractivity contribution in [1.29, 1.82) is 0 Å². The largest absolute Gasteiger partial charge is 0.379 e. The Balaban J connectivity index is 1.86. The summed E-state index contributed by atoms with van der Waals surface area (Å²) in [7, 11) is 0. The number of carbonyl (C=O) groups excluding carboxylic acids is 1. The molecule has 1 amide bonds. The SMILES string of the molecule is CC(C)(C)Nc1ccc(C(=O)N(Cc2ccccc2)c2ccccc2)nc1. The molecule has 3 rings (SSSR count). The Labute approximate surface area is 160 Å². The highest BCUT2D eigenvalue weighted by molar-refractivity contribution is 6.04. The van der Waals surface area contributed by atoms with Gasteiger partial charge in [0.25, 0.3) is 5.91 Å². The second-order valence-corrected chi connectivity index (χ2v) is 7.52. The maximum atomic E-state index is 13.2. The van der Waals surface area contributed by atoms with Crippen molar-refractivity contribution in [1.82, 2.24) is 4.98 Å². The van der Waals surface area contributed by atoms with Gasteiger partial charge in [0.05, 0.1) is 18.4 Å². The lowest BCUT2D eigenvalue weighted by Gasteiger charge is -2.24. The molecule has 0 aliphatic carbocycles. The zero-order chi connectivity index (χ0) is 19.3. The van der Waals surface area contributed by atoms with E-state index in [1.165, 1.54) is 0 Å². The number of benzene rings is 2. The van der Waals surface area contributed by atoms with Crippen molar-refractivity contribution >= 4 is 17.3 Å². The fraction of sp³-hybridized carbons (Fsp3) is 0.217. The van der Waals surface area contributed by atoms with E-state index in [2.05, 4.69) is 31.1 Å². The van der Waals surface area contributed by atoms with Crippen LogP contribution in [0.25, 0.3) is 0 Å². The molecule has 0 radical (unpaired) electrons. The minimum absolute atomic E-state index is 0.0589. The molecule has 1 aromatic heterocycles. The van der Waals surface area contributed by atoms with Crippen LogP contribution in [0, 0.1) is 0 Å². The van der Waals surface area contributed by atoms with Gasteiger partial charge in [-0.05, 0) is 50.6 Å². The molecule has 2 aromatic carbocycles. The molecule has 27 heavy (non-hydrogen) atoms. The molecule has 138 valence electrons. The molecule has 0 aliphatic heterocycles. The minimum Gasteiger partial charge on any atom is -0.379 e. The average molecular weight is 359 g/mol. The lowest BCUT2D eigenvalue weighted by Crippen LogP contribution is -2.31. The monoisotopic (exact) mass is 359 g/mol. The summed E-state index contributed by atoms with van der Waals surface area (Å²) in [6, 6.07) is 23.3. The van der Waals surface area contributed by atoms with Crippen LogP contribution in [-0.4, -0.2) is 16.4 Å². The number of aromatic nitrogens is 1. The third-order valence-corrected chi connectivity index (χ3v) is 4.00. The number of nitrogens with zero attached hydrogens (tertiary/aromatic N) is 2. The van der Waals surface area contributed by atoms with Crippen LogP contribution < -0.4 is 10.2 Å². The van der Waals surface area contributed by atoms with E-state index in [9.17, 15) is 4.79 Å². The highest BCUT2D eigenvalue weighted by Crippen LogP contribution is 2.20. The number of para-hydroxylation sites is 1. The van der Waals surface area contributed by atoms with Crippen molar-refractivity contribution in [3.63, 3.8) is 0 Å². The van der Waals surface area contributed by atoms with E-state index < -0.39 is 0 Å². The number of amides is 1. The van der Waals surface area contributed by atoms with Gasteiger partial charge in [0, 0.05) is 11.2 Å². The molecule has 0 atom stereocenters. The molecule has 0 unspecified atom stereocenters. The highest BCUT2D eigenvalue weighted by atomic mass is 16.2. The van der Waals surface area contributed by atoms with E-state index in [0.717, 1.165) is 16.9 Å². The van der Waals surface area contributed by atoms with Crippen molar-refractivity contribution < 1.29 is 4.79 Å². The van der Waals surface area contributed by atoms with E-state index in [1.807, 2.05) is 66.7 Å². The first-order valence-electron chi connectivity index (χ1n) is 9.07. The number of rotatable bonds is 5. The fourth-order valence-corrected chi connectivity index (χ4v) is 2.82. The fourth-order valence-electron chi connectivity index (χ4n) is 2.82. The van der Waals surface area contributed by atoms with Gasteiger partial charge >= 0.3 is 0 Å². The van der Waals surface area contributed by atoms with Crippen molar-refractivity contribution in [2.75, 3.05) is 10.2 Å². The quantitative estimate of drug-likeness (QED) is 0.686. The van der Waals surface area contributed by atoms with Crippen LogP contribution >= 0.6 is 0 Å². The number of hydrogen-bond acceptors (Lipinski definition) is 3. The molecular weight excluding hydrogens is 334 g/mol. The highest BCUT2D eigenvalue weighted by Gasteiger charge is 2.19. The van der Waals surface area contributed by atoms with Crippen LogP contribution in [0.15, 0.2) is 79.0 Å². The number of hydrogen-bond donors (Lipinski definition) is 1. The molecular formula is C23H25N3O. The van der Waals surface area contributed by atoms with Gasteiger partial charge in [0.15, 0.2) is 0 Å². The zero-order valence-electron chi connectivity index (χ0n) is 16.0. The maximum absolute atomic E-state index is 13.2. The predicted molar refractivity (Wildman–Crippen MR) is 111 cm³/mol. The zero-order valence-corrected chi connectivity index (χ0v) is 16.0. The molecule has 3 aromatic rings. The van der Waals surface area contributed by atoms with E-state index in [4.69, 9.17) is 0 Å². The Morgan fingerprint density at radius 3 is 2.11 bits per heavy atom. The average Bonchev–Trinajstić information content (AvgIpc) is 2.66. The van der Waals surface area contributed by atoms with Gasteiger partial charge in [0.2, 0.25) is 0 Å². The first-order chi connectivity index (χ1) is 12.9. The molecule has 4 nitrogen and oxygen atoms in total. The number of nitrogens with one attached hydrogen (secondary N) is 1. The van der Waals surface area contributed by atoms with Crippen LogP contribution in [-0.2, 0) is 6.54 Å². The van der Waals surface area contributed by atoms with Crippen LogP contribution in [0.2, 0.25) is 0 Å². The second-order valence-electron chi connectivity index (χ2n) is 7.52. The summed E-state index contributed by atoms with van der Waals surface area (Å²) >= 11 is 0. The minimum atomic E-state index is -0.118. The Kier molecular flexibility index (Phi) is 5.55. The van der Waals surface area contributed by atoms with Gasteiger partial charge in [-0.2, -0.15) is 0 Å². The van der Waals surface area contributed by atoms with E-state index >= 15 is 0 Å². The Bertz CT molecular complexity index is 869. The molecule has 1 N–H and O–H groups in total. The summed E-state index contributed by atoms with van der Waals surface area (Å²) in [6.45, 7) is 6.75. The summed E-state index contributed by atoms with van der Waals surface area (Å²) in [5.74, 6) is -0.118. The number of anilines is 2. The topological polar surface area (TPSA) is 45.2 Å². The van der Waals surface area contributed by atoms with Gasteiger partial charge in [-0.3, -0.25) is 4.79 Å². The third-order valence-electron chi connectivity index (χ3n) is 4.00. The van der Waals surface area contributed by atoms with Gasteiger partial charge in [-0.1, -0.05) is 48.5 Å². The maximum Gasteiger partial charge on any atom is 0.277 e. The smallest absolute Gasteiger partial charge is 0.277 e. The van der Waals surface area contributed by atoms with Crippen molar-refractivity contribution in [3.8, 4) is 0 Å². The summed E-state index contributed by atoms with van der Waals surface area (Å²) in [4.78, 5) is 19.3.